The highest BCUT2D eigenvalue weighted by Gasteiger charge is 2.30. The van der Waals surface area contributed by atoms with Gasteiger partial charge in [0.1, 0.15) is 5.69 Å². The molecule has 3 heterocycles. The molecule has 5 rings (SSSR count). The third-order valence-electron chi connectivity index (χ3n) is 6.46. The van der Waals surface area contributed by atoms with Crippen molar-refractivity contribution in [3.63, 3.8) is 0 Å². The molecule has 2 fully saturated rings. The number of amides is 1. The van der Waals surface area contributed by atoms with Crippen molar-refractivity contribution >= 4 is 22.6 Å². The van der Waals surface area contributed by atoms with E-state index in [0.29, 0.717) is 11.9 Å². The first-order chi connectivity index (χ1) is 14.7. The fraction of sp³-hybridized carbons (Fsp3) is 0.500. The molecule has 0 atom stereocenters. The molecule has 3 aromatic rings. The van der Waals surface area contributed by atoms with E-state index >= 15 is 0 Å². The minimum Gasteiger partial charge on any atom is -0.309 e. The molecule has 0 radical (unpaired) electrons. The van der Waals surface area contributed by atoms with E-state index in [4.69, 9.17) is 0 Å². The van der Waals surface area contributed by atoms with E-state index in [1.54, 1.807) is 4.68 Å². The van der Waals surface area contributed by atoms with E-state index in [0.717, 1.165) is 47.8 Å². The first kappa shape index (κ1) is 19.1. The van der Waals surface area contributed by atoms with Gasteiger partial charge in [-0.3, -0.25) is 9.48 Å². The number of rotatable bonds is 4. The fourth-order valence-corrected chi connectivity index (χ4v) is 4.78. The molecule has 0 bridgehead atoms. The Morgan fingerprint density at radius 3 is 2.57 bits per heavy atom. The summed E-state index contributed by atoms with van der Waals surface area (Å²) in [6.07, 6.45) is 8.64. The second-order valence-electron chi connectivity index (χ2n) is 8.52. The molecule has 0 spiro atoms. The average Bonchev–Trinajstić information content (AvgIpc) is 3.45. The van der Waals surface area contributed by atoms with Crippen molar-refractivity contribution in [3.05, 3.63) is 30.5 Å². The highest BCUT2D eigenvalue weighted by atomic mass is 16.2. The van der Waals surface area contributed by atoms with Crippen LogP contribution in [0.25, 0.3) is 22.2 Å². The first-order valence-corrected chi connectivity index (χ1v) is 10.8. The normalized spacial score (nSPS) is 22.4. The third-order valence-corrected chi connectivity index (χ3v) is 6.46. The number of hydrogen-bond acceptors (Lipinski definition) is 6. The average molecular weight is 406 g/mol. The maximum atomic E-state index is 12.8. The topological polar surface area (TPSA) is 88.8 Å². The number of carbonyl (C=O) groups excluding carboxylic acids is 1. The van der Waals surface area contributed by atoms with Crippen LogP contribution >= 0.6 is 0 Å². The van der Waals surface area contributed by atoms with E-state index in [9.17, 15) is 4.79 Å². The first-order valence-electron chi connectivity index (χ1n) is 10.8. The van der Waals surface area contributed by atoms with Crippen LogP contribution in [0.1, 0.15) is 38.5 Å². The van der Waals surface area contributed by atoms with Crippen LogP contribution in [0, 0.1) is 5.92 Å². The molecule has 1 aliphatic heterocycles. The molecule has 8 nitrogen and oxygen atoms in total. The monoisotopic (exact) mass is 405 g/mol. The Balaban J connectivity index is 1.26. The molecule has 1 aliphatic carbocycles. The number of likely N-dealkylation sites (tertiary alicyclic amines) is 1. The third kappa shape index (κ3) is 3.92. The Hall–Kier alpha value is -2.87. The molecule has 8 heteroatoms. The van der Waals surface area contributed by atoms with E-state index in [-0.39, 0.29) is 11.8 Å². The summed E-state index contributed by atoms with van der Waals surface area (Å²) in [5.74, 6) is 0.631. The summed E-state index contributed by atoms with van der Waals surface area (Å²) in [5, 5.41) is 20.5. The second-order valence-corrected chi connectivity index (χ2v) is 8.52. The molecule has 1 amide bonds. The largest absolute Gasteiger partial charge is 0.309 e. The van der Waals surface area contributed by atoms with Crippen molar-refractivity contribution in [3.8, 4) is 11.3 Å². The lowest BCUT2D eigenvalue weighted by Crippen LogP contribution is -2.38. The summed E-state index contributed by atoms with van der Waals surface area (Å²) in [6.45, 7) is 2.45. The van der Waals surface area contributed by atoms with E-state index in [1.165, 1.54) is 25.9 Å². The molecule has 1 N–H and O–H groups in total. The Morgan fingerprint density at radius 2 is 1.83 bits per heavy atom. The van der Waals surface area contributed by atoms with Crippen LogP contribution in [-0.4, -0.2) is 55.1 Å². The van der Waals surface area contributed by atoms with Crippen molar-refractivity contribution in [1.29, 1.82) is 0 Å². The van der Waals surface area contributed by atoms with E-state index in [1.807, 2.05) is 37.5 Å². The zero-order chi connectivity index (χ0) is 20.5. The van der Waals surface area contributed by atoms with Gasteiger partial charge in [-0.2, -0.15) is 0 Å². The Bertz CT molecular complexity index is 1050. The number of nitrogens with one attached hydrogen (secondary N) is 1. The number of aryl methyl sites for hydroxylation is 1. The Kier molecular flexibility index (Phi) is 5.16. The van der Waals surface area contributed by atoms with Gasteiger partial charge in [-0.15, -0.1) is 15.3 Å². The van der Waals surface area contributed by atoms with Gasteiger partial charge in [-0.05, 0) is 69.8 Å². The van der Waals surface area contributed by atoms with E-state index in [2.05, 4.69) is 30.7 Å². The van der Waals surface area contributed by atoms with Gasteiger partial charge in [-0.1, -0.05) is 11.3 Å². The number of aromatic nitrogens is 5. The van der Waals surface area contributed by atoms with Gasteiger partial charge >= 0.3 is 0 Å². The maximum Gasteiger partial charge on any atom is 0.228 e. The van der Waals surface area contributed by atoms with Gasteiger partial charge in [0.2, 0.25) is 5.91 Å². The molecule has 156 valence electrons. The summed E-state index contributed by atoms with van der Waals surface area (Å²) in [4.78, 5) is 15.4. The zero-order valence-electron chi connectivity index (χ0n) is 17.3. The van der Waals surface area contributed by atoms with Crippen LogP contribution in [0.15, 0.2) is 30.5 Å². The molecular weight excluding hydrogens is 378 g/mol. The van der Waals surface area contributed by atoms with Gasteiger partial charge in [0.15, 0.2) is 5.82 Å². The van der Waals surface area contributed by atoms with Crippen LogP contribution < -0.4 is 5.32 Å². The number of nitrogens with zero attached hydrogens (tertiary/aromatic N) is 6. The lowest BCUT2D eigenvalue weighted by molar-refractivity contribution is -0.121. The molecule has 0 unspecified atom stereocenters. The number of anilines is 1. The van der Waals surface area contributed by atoms with Gasteiger partial charge < -0.3 is 10.2 Å². The van der Waals surface area contributed by atoms with Crippen LogP contribution in [0.4, 0.5) is 5.82 Å². The Morgan fingerprint density at radius 1 is 1.03 bits per heavy atom. The van der Waals surface area contributed by atoms with Crippen molar-refractivity contribution in [1.82, 2.24) is 30.1 Å². The van der Waals surface area contributed by atoms with Gasteiger partial charge in [0.05, 0.1) is 11.7 Å². The van der Waals surface area contributed by atoms with Crippen molar-refractivity contribution in [2.24, 2.45) is 13.0 Å². The lowest BCUT2D eigenvalue weighted by Gasteiger charge is -2.33. The molecule has 30 heavy (non-hydrogen) atoms. The second kappa shape index (κ2) is 8.10. The number of hydrogen-bond donors (Lipinski definition) is 1. The maximum absolute atomic E-state index is 12.8. The fourth-order valence-electron chi connectivity index (χ4n) is 4.78. The quantitative estimate of drug-likeness (QED) is 0.718. The predicted molar refractivity (Wildman–Crippen MR) is 115 cm³/mol. The summed E-state index contributed by atoms with van der Waals surface area (Å²) in [7, 11) is 1.84. The molecule has 1 aromatic carbocycles. The SMILES string of the molecule is Cn1cc(-c2ccc3nnc(NC(=O)[C@H]4CC[C@H](N5CCCC5)CC4)cc3c2)nn1. The van der Waals surface area contributed by atoms with Crippen molar-refractivity contribution in [2.75, 3.05) is 18.4 Å². The summed E-state index contributed by atoms with van der Waals surface area (Å²) >= 11 is 0. The van der Waals surface area contributed by atoms with Crippen LogP contribution in [-0.2, 0) is 11.8 Å². The van der Waals surface area contributed by atoms with Gasteiger partial charge in [-0.25, -0.2) is 0 Å². The molecule has 1 saturated heterocycles. The highest BCUT2D eigenvalue weighted by molar-refractivity contribution is 5.94. The lowest BCUT2D eigenvalue weighted by atomic mass is 9.85. The minimum absolute atomic E-state index is 0.0623. The zero-order valence-corrected chi connectivity index (χ0v) is 17.3. The predicted octanol–water partition coefficient (Wildman–Crippen LogP) is 3.02. The molecule has 2 aliphatic rings. The molecule has 2 aromatic heterocycles. The Labute approximate surface area is 175 Å². The van der Waals surface area contributed by atoms with Gasteiger partial charge in [0, 0.05) is 30.0 Å². The van der Waals surface area contributed by atoms with Crippen molar-refractivity contribution in [2.45, 2.75) is 44.6 Å². The number of benzene rings is 1. The standard InChI is InChI=1S/C22H27N7O/c1-28-14-20(25-27-28)16-6-9-19-17(12-16)13-21(26-24-19)23-22(30)15-4-7-18(8-5-15)29-10-2-3-11-29/h6,9,12-15,18H,2-5,7-8,10-11H2,1H3,(H,23,26,30)/t15-,18-. The van der Waals surface area contributed by atoms with Crippen LogP contribution in [0.2, 0.25) is 0 Å². The summed E-state index contributed by atoms with van der Waals surface area (Å²) in [6, 6.07) is 8.42. The molecular formula is C22H27N7O. The minimum atomic E-state index is 0.0623. The van der Waals surface area contributed by atoms with Crippen LogP contribution in [0.3, 0.4) is 0 Å². The summed E-state index contributed by atoms with van der Waals surface area (Å²) < 4.78 is 1.68. The highest BCUT2D eigenvalue weighted by Crippen LogP contribution is 2.30. The summed E-state index contributed by atoms with van der Waals surface area (Å²) in [5.41, 5.74) is 2.55. The van der Waals surface area contributed by atoms with Gasteiger partial charge in [0.25, 0.3) is 0 Å². The van der Waals surface area contributed by atoms with Crippen LogP contribution in [0.5, 0.6) is 0 Å². The smallest absolute Gasteiger partial charge is 0.228 e. The van der Waals surface area contributed by atoms with E-state index < -0.39 is 0 Å². The number of carbonyl (C=O) groups is 1. The number of fused-ring (bicyclic) bond motifs is 1. The van der Waals surface area contributed by atoms with Crippen molar-refractivity contribution < 1.29 is 4.79 Å². The molecule has 1 saturated carbocycles.